The third-order valence-electron chi connectivity index (χ3n) is 6.04. The van der Waals surface area contributed by atoms with Gasteiger partial charge in [0.15, 0.2) is 5.72 Å². The van der Waals surface area contributed by atoms with Crippen molar-refractivity contribution in [3.63, 3.8) is 0 Å². The van der Waals surface area contributed by atoms with Gasteiger partial charge in [-0.25, -0.2) is 4.79 Å². The third-order valence-corrected chi connectivity index (χ3v) is 6.04. The van der Waals surface area contributed by atoms with E-state index in [1.165, 1.54) is 7.11 Å². The van der Waals surface area contributed by atoms with E-state index in [9.17, 15) is 14.4 Å². The number of methoxy groups -OCH3 is 2. The van der Waals surface area contributed by atoms with Crippen LogP contribution in [0.3, 0.4) is 0 Å². The lowest BCUT2D eigenvalue weighted by atomic mass is 9.82. The Labute approximate surface area is 162 Å². The largest absolute Gasteiger partial charge is 0.449 e. The highest BCUT2D eigenvalue weighted by Gasteiger charge is 2.72. The average molecular weight is 392 g/mol. The molecule has 0 unspecified atom stereocenters. The van der Waals surface area contributed by atoms with Gasteiger partial charge in [-0.15, -0.1) is 0 Å². The first-order valence-electron chi connectivity index (χ1n) is 9.16. The number of nitrogens with two attached hydrogens (primary N) is 1. The first kappa shape index (κ1) is 18.9. The number of amides is 1. The lowest BCUT2D eigenvalue weighted by molar-refractivity contribution is -0.137. The fourth-order valence-electron chi connectivity index (χ4n) is 4.78. The van der Waals surface area contributed by atoms with Crippen molar-refractivity contribution < 1.29 is 28.6 Å². The van der Waals surface area contributed by atoms with Crippen LogP contribution in [0.5, 0.6) is 0 Å². The smallest absolute Gasteiger partial charge is 0.404 e. The van der Waals surface area contributed by atoms with Gasteiger partial charge >= 0.3 is 6.09 Å². The average Bonchev–Trinajstić information content (AvgIpc) is 3.27. The molecule has 0 aromatic heterocycles. The number of hydrogen-bond donors (Lipinski definition) is 3. The van der Waals surface area contributed by atoms with Crippen LogP contribution < -0.4 is 16.4 Å². The summed E-state index contributed by atoms with van der Waals surface area (Å²) < 4.78 is 16.0. The maximum absolute atomic E-state index is 13.4. The third kappa shape index (κ3) is 2.41. The van der Waals surface area contributed by atoms with Crippen LogP contribution in [0.2, 0.25) is 0 Å². The molecule has 0 saturated carbocycles. The van der Waals surface area contributed by atoms with E-state index in [-0.39, 0.29) is 36.0 Å². The van der Waals surface area contributed by atoms with E-state index in [1.807, 2.05) is 4.90 Å². The number of carbonyl (C=O) groups excluding carboxylic acids is 3. The molecule has 1 aliphatic carbocycles. The van der Waals surface area contributed by atoms with Crippen molar-refractivity contribution in [2.75, 3.05) is 40.5 Å². The van der Waals surface area contributed by atoms with Gasteiger partial charge in [-0.1, -0.05) is 0 Å². The molecule has 0 spiro atoms. The number of nitrogens with one attached hydrogen (secondary N) is 2. The number of allylic oxidation sites excluding steroid dienone is 2. The SMILES string of the molecule is COCCNC1=C(C)C(=O)C2=C(C1=O)[C@H](COC(N)=O)[C@]1(OC)[C@@H]3N[C@@H]3CN21. The van der Waals surface area contributed by atoms with Gasteiger partial charge in [0.1, 0.15) is 6.61 Å². The van der Waals surface area contributed by atoms with Gasteiger partial charge in [0.05, 0.1) is 30.0 Å². The second-order valence-corrected chi connectivity index (χ2v) is 7.34. The Balaban J connectivity index is 1.74. The standard InChI is InChI=1S/C18H24N4O6/c1-8-12(20-4-5-26-2)15(24)11-9(7-28-17(19)25)18(27-3)16-10(21-16)6-22(18)13(11)14(8)23/h9-10,16,20-21H,4-7H2,1-3H3,(H2,19,25)/t9-,10+,16+,18-/m0/s1. The molecule has 3 heterocycles. The number of ketones is 2. The topological polar surface area (TPSA) is 142 Å². The zero-order valence-electron chi connectivity index (χ0n) is 16.0. The molecule has 2 saturated heterocycles. The number of carbonyl (C=O) groups is 3. The van der Waals surface area contributed by atoms with Gasteiger partial charge in [-0.3, -0.25) is 9.59 Å². The molecule has 0 aromatic rings. The van der Waals surface area contributed by atoms with Crippen molar-refractivity contribution in [2.45, 2.75) is 24.7 Å². The number of Topliss-reactive ketones (excluding diaryl/α,β-unsaturated/α-hetero) is 2. The van der Waals surface area contributed by atoms with Gasteiger partial charge in [0.25, 0.3) is 0 Å². The summed E-state index contributed by atoms with van der Waals surface area (Å²) in [4.78, 5) is 39.7. The van der Waals surface area contributed by atoms with E-state index in [1.54, 1.807) is 14.0 Å². The van der Waals surface area contributed by atoms with Crippen molar-refractivity contribution in [3.05, 3.63) is 22.5 Å². The van der Waals surface area contributed by atoms with Gasteiger partial charge in [-0.05, 0) is 6.92 Å². The Morgan fingerprint density at radius 1 is 1.36 bits per heavy atom. The molecule has 4 aliphatic rings. The summed E-state index contributed by atoms with van der Waals surface area (Å²) in [6.07, 6.45) is -0.940. The van der Waals surface area contributed by atoms with Crippen LogP contribution >= 0.6 is 0 Å². The summed E-state index contributed by atoms with van der Waals surface area (Å²) in [5.41, 5.74) is 5.46. The van der Waals surface area contributed by atoms with Crippen LogP contribution in [0.4, 0.5) is 4.79 Å². The minimum absolute atomic E-state index is 0.0598. The van der Waals surface area contributed by atoms with Crippen LogP contribution in [0.25, 0.3) is 0 Å². The van der Waals surface area contributed by atoms with E-state index < -0.39 is 17.7 Å². The van der Waals surface area contributed by atoms with Crippen LogP contribution in [0.1, 0.15) is 6.92 Å². The molecule has 1 amide bonds. The Bertz CT molecular complexity index is 821. The lowest BCUT2D eigenvalue weighted by Crippen LogP contribution is -2.55. The first-order valence-corrected chi connectivity index (χ1v) is 9.16. The van der Waals surface area contributed by atoms with Crippen molar-refractivity contribution in [1.29, 1.82) is 0 Å². The highest BCUT2D eigenvalue weighted by atomic mass is 16.6. The molecule has 3 aliphatic heterocycles. The van der Waals surface area contributed by atoms with Gasteiger partial charge < -0.3 is 35.5 Å². The summed E-state index contributed by atoms with van der Waals surface area (Å²) in [7, 11) is 3.10. The Morgan fingerprint density at radius 3 is 2.75 bits per heavy atom. The summed E-state index contributed by atoms with van der Waals surface area (Å²) in [5.74, 6) is -1.14. The molecule has 4 N–H and O–H groups in total. The number of rotatable bonds is 7. The second kappa shape index (κ2) is 6.57. The molecular weight excluding hydrogens is 368 g/mol. The highest BCUT2D eigenvalue weighted by Crippen LogP contribution is 2.55. The van der Waals surface area contributed by atoms with E-state index in [0.717, 1.165) is 0 Å². The number of primary amides is 1. The van der Waals surface area contributed by atoms with Crippen molar-refractivity contribution in [1.82, 2.24) is 15.5 Å². The van der Waals surface area contributed by atoms with Gasteiger partial charge in [-0.2, -0.15) is 0 Å². The zero-order valence-corrected chi connectivity index (χ0v) is 16.0. The van der Waals surface area contributed by atoms with E-state index in [2.05, 4.69) is 10.6 Å². The second-order valence-electron chi connectivity index (χ2n) is 7.34. The maximum Gasteiger partial charge on any atom is 0.404 e. The van der Waals surface area contributed by atoms with E-state index >= 15 is 0 Å². The number of ether oxygens (including phenoxy) is 3. The Morgan fingerprint density at radius 2 is 2.11 bits per heavy atom. The molecule has 152 valence electrons. The number of hydrogen-bond acceptors (Lipinski definition) is 9. The number of nitrogens with zero attached hydrogens (tertiary/aromatic N) is 1. The predicted molar refractivity (Wildman–Crippen MR) is 95.8 cm³/mol. The first-order chi connectivity index (χ1) is 13.4. The molecule has 4 atom stereocenters. The monoisotopic (exact) mass is 392 g/mol. The minimum Gasteiger partial charge on any atom is -0.449 e. The van der Waals surface area contributed by atoms with Gasteiger partial charge in [0.2, 0.25) is 11.6 Å². The molecule has 0 bridgehead atoms. The van der Waals surface area contributed by atoms with Crippen molar-refractivity contribution in [3.8, 4) is 0 Å². The summed E-state index contributed by atoms with van der Waals surface area (Å²) in [6, 6.07) is 0.105. The zero-order chi connectivity index (χ0) is 20.2. The number of piperazine rings is 1. The van der Waals surface area contributed by atoms with Gasteiger partial charge in [0, 0.05) is 44.5 Å². The minimum atomic E-state index is -0.960. The normalized spacial score (nSPS) is 33.1. The lowest BCUT2D eigenvalue weighted by Gasteiger charge is -2.39. The molecule has 28 heavy (non-hydrogen) atoms. The highest BCUT2D eigenvalue weighted by molar-refractivity contribution is 6.25. The Hall–Kier alpha value is -2.43. The van der Waals surface area contributed by atoms with Crippen molar-refractivity contribution >= 4 is 17.7 Å². The summed E-state index contributed by atoms with van der Waals surface area (Å²) in [5, 5.41) is 6.33. The van der Waals surface area contributed by atoms with E-state index in [0.29, 0.717) is 36.5 Å². The maximum atomic E-state index is 13.4. The van der Waals surface area contributed by atoms with Crippen LogP contribution in [-0.4, -0.2) is 80.9 Å². The number of fused-ring (bicyclic) bond motifs is 4. The molecule has 4 rings (SSSR count). The fourth-order valence-corrected chi connectivity index (χ4v) is 4.78. The summed E-state index contributed by atoms with van der Waals surface area (Å²) in [6.45, 7) is 2.81. The molecule has 0 aromatic carbocycles. The predicted octanol–water partition coefficient (Wildman–Crippen LogP) is -1.37. The quantitative estimate of drug-likeness (QED) is 0.272. The van der Waals surface area contributed by atoms with Crippen LogP contribution in [0, 0.1) is 5.92 Å². The fraction of sp³-hybridized carbons (Fsp3) is 0.611. The molecule has 10 nitrogen and oxygen atoms in total. The van der Waals surface area contributed by atoms with E-state index in [4.69, 9.17) is 19.9 Å². The molecule has 0 radical (unpaired) electrons. The van der Waals surface area contributed by atoms with Crippen LogP contribution in [-0.2, 0) is 23.8 Å². The molecule has 10 heteroatoms. The van der Waals surface area contributed by atoms with Crippen LogP contribution in [0.15, 0.2) is 22.5 Å². The Kier molecular flexibility index (Phi) is 4.44. The summed E-state index contributed by atoms with van der Waals surface area (Å²) >= 11 is 0. The van der Waals surface area contributed by atoms with Crippen molar-refractivity contribution in [2.24, 2.45) is 11.7 Å². The molecular formula is C18H24N4O6. The molecule has 2 fully saturated rings.